The van der Waals surface area contributed by atoms with Gasteiger partial charge in [0.15, 0.2) is 0 Å². The molecule has 0 heterocycles. The molecule has 0 bridgehead atoms. The Kier molecular flexibility index (Phi) is 5.29. The van der Waals surface area contributed by atoms with E-state index in [1.165, 1.54) is 0 Å². The second kappa shape index (κ2) is 6.75. The van der Waals surface area contributed by atoms with Crippen molar-refractivity contribution in [2.45, 2.75) is 13.0 Å². The van der Waals surface area contributed by atoms with E-state index in [9.17, 15) is 4.79 Å². The van der Waals surface area contributed by atoms with Crippen molar-refractivity contribution in [3.8, 4) is 11.5 Å². The van der Waals surface area contributed by atoms with Crippen molar-refractivity contribution < 1.29 is 19.4 Å². The van der Waals surface area contributed by atoms with Crippen LogP contribution in [0.5, 0.6) is 11.5 Å². The van der Waals surface area contributed by atoms with Gasteiger partial charge in [-0.2, -0.15) is 0 Å². The van der Waals surface area contributed by atoms with Gasteiger partial charge in [0.25, 0.3) is 0 Å². The zero-order valence-electron chi connectivity index (χ0n) is 10.0. The number of nitrogens with one attached hydrogen (secondary N) is 1. The standard InChI is InChI=1S/C12H17NO4/c1-16-10-4-3-9(11(7-10)17-2)8-13-6-5-12(14)15/h3-4,7,13H,5-6,8H2,1-2H3,(H,14,15). The molecule has 0 unspecified atom stereocenters. The molecule has 0 radical (unpaired) electrons. The molecule has 0 aliphatic carbocycles. The lowest BCUT2D eigenvalue weighted by Crippen LogP contribution is -2.18. The Hall–Kier alpha value is -1.75. The summed E-state index contributed by atoms with van der Waals surface area (Å²) in [6.07, 6.45) is 0.110. The van der Waals surface area contributed by atoms with Crippen LogP contribution in [0.15, 0.2) is 18.2 Å². The SMILES string of the molecule is COc1ccc(CNCCC(=O)O)c(OC)c1. The summed E-state index contributed by atoms with van der Waals surface area (Å²) in [5, 5.41) is 11.5. The van der Waals surface area contributed by atoms with Gasteiger partial charge in [-0.25, -0.2) is 0 Å². The van der Waals surface area contributed by atoms with E-state index in [0.29, 0.717) is 13.1 Å². The minimum absolute atomic E-state index is 0.110. The Morgan fingerprint density at radius 2 is 2.12 bits per heavy atom. The van der Waals surface area contributed by atoms with Crippen molar-refractivity contribution in [1.82, 2.24) is 5.32 Å². The maximum absolute atomic E-state index is 10.3. The van der Waals surface area contributed by atoms with E-state index in [1.54, 1.807) is 20.3 Å². The first kappa shape index (κ1) is 13.3. The number of carbonyl (C=O) groups is 1. The van der Waals surface area contributed by atoms with Crippen LogP contribution in [0, 0.1) is 0 Å². The number of benzene rings is 1. The summed E-state index contributed by atoms with van der Waals surface area (Å²) in [7, 11) is 3.19. The van der Waals surface area contributed by atoms with E-state index in [-0.39, 0.29) is 6.42 Å². The Morgan fingerprint density at radius 3 is 2.71 bits per heavy atom. The molecule has 0 spiro atoms. The van der Waals surface area contributed by atoms with Crippen LogP contribution in [0.25, 0.3) is 0 Å². The summed E-state index contributed by atoms with van der Waals surface area (Å²) >= 11 is 0. The Bertz CT molecular complexity index is 379. The molecule has 0 saturated carbocycles. The van der Waals surface area contributed by atoms with Crippen molar-refractivity contribution in [3.05, 3.63) is 23.8 Å². The summed E-state index contributed by atoms with van der Waals surface area (Å²) in [6.45, 7) is 1.00. The van der Waals surface area contributed by atoms with Crippen molar-refractivity contribution in [2.75, 3.05) is 20.8 Å². The molecule has 1 aromatic carbocycles. The fourth-order valence-corrected chi connectivity index (χ4v) is 1.42. The van der Waals surface area contributed by atoms with Gasteiger partial charge in [-0.1, -0.05) is 6.07 Å². The van der Waals surface area contributed by atoms with Crippen LogP contribution in [-0.4, -0.2) is 31.8 Å². The first-order chi connectivity index (χ1) is 8.17. The van der Waals surface area contributed by atoms with Gasteiger partial charge in [0.1, 0.15) is 11.5 Å². The predicted molar refractivity (Wildman–Crippen MR) is 63.5 cm³/mol. The van der Waals surface area contributed by atoms with E-state index < -0.39 is 5.97 Å². The number of methoxy groups -OCH3 is 2. The van der Waals surface area contributed by atoms with Crippen LogP contribution in [0.1, 0.15) is 12.0 Å². The molecule has 0 aliphatic rings. The minimum Gasteiger partial charge on any atom is -0.497 e. The van der Waals surface area contributed by atoms with E-state index in [2.05, 4.69) is 5.32 Å². The van der Waals surface area contributed by atoms with E-state index >= 15 is 0 Å². The van der Waals surface area contributed by atoms with Gasteiger partial charge in [0.05, 0.1) is 20.6 Å². The maximum Gasteiger partial charge on any atom is 0.304 e. The largest absolute Gasteiger partial charge is 0.497 e. The summed E-state index contributed by atoms with van der Waals surface area (Å²) in [6, 6.07) is 5.54. The quantitative estimate of drug-likeness (QED) is 0.701. The molecule has 94 valence electrons. The second-order valence-corrected chi connectivity index (χ2v) is 3.50. The zero-order valence-corrected chi connectivity index (χ0v) is 10.0. The molecular formula is C12H17NO4. The highest BCUT2D eigenvalue weighted by Gasteiger charge is 2.04. The number of hydrogen-bond acceptors (Lipinski definition) is 4. The van der Waals surface area contributed by atoms with Crippen molar-refractivity contribution >= 4 is 5.97 Å². The summed E-state index contributed by atoms with van der Waals surface area (Å²) in [4.78, 5) is 10.3. The minimum atomic E-state index is -0.806. The lowest BCUT2D eigenvalue weighted by Gasteiger charge is -2.10. The Labute approximate surface area is 100 Å². The molecule has 1 aromatic rings. The van der Waals surface area contributed by atoms with Gasteiger partial charge < -0.3 is 19.9 Å². The van der Waals surface area contributed by atoms with E-state index in [4.69, 9.17) is 14.6 Å². The number of hydrogen-bond donors (Lipinski definition) is 2. The third kappa shape index (κ3) is 4.32. The molecule has 0 aliphatic heterocycles. The first-order valence-corrected chi connectivity index (χ1v) is 5.30. The van der Waals surface area contributed by atoms with Crippen LogP contribution >= 0.6 is 0 Å². The fourth-order valence-electron chi connectivity index (χ4n) is 1.42. The molecule has 0 saturated heterocycles. The molecule has 5 heteroatoms. The van der Waals surface area contributed by atoms with Crippen LogP contribution in [0.3, 0.4) is 0 Å². The van der Waals surface area contributed by atoms with Crippen molar-refractivity contribution in [1.29, 1.82) is 0 Å². The van der Waals surface area contributed by atoms with Crippen molar-refractivity contribution in [2.24, 2.45) is 0 Å². The van der Waals surface area contributed by atoms with Gasteiger partial charge in [0.2, 0.25) is 0 Å². The first-order valence-electron chi connectivity index (χ1n) is 5.30. The third-order valence-corrected chi connectivity index (χ3v) is 2.33. The number of aliphatic carboxylic acids is 1. The predicted octanol–water partition coefficient (Wildman–Crippen LogP) is 1.27. The number of carboxylic acid groups (broad SMARTS) is 1. The lowest BCUT2D eigenvalue weighted by molar-refractivity contribution is -0.136. The molecule has 1 rings (SSSR count). The molecule has 0 amide bonds. The van der Waals surface area contributed by atoms with Crippen LogP contribution in [0.2, 0.25) is 0 Å². The Balaban J connectivity index is 2.55. The zero-order chi connectivity index (χ0) is 12.7. The van der Waals surface area contributed by atoms with Gasteiger partial charge >= 0.3 is 5.97 Å². The number of carboxylic acids is 1. The summed E-state index contributed by atoms with van der Waals surface area (Å²) in [5.41, 5.74) is 0.971. The smallest absolute Gasteiger partial charge is 0.304 e. The Morgan fingerprint density at radius 1 is 1.35 bits per heavy atom. The average molecular weight is 239 g/mol. The van der Waals surface area contributed by atoms with Crippen LogP contribution in [0.4, 0.5) is 0 Å². The van der Waals surface area contributed by atoms with E-state index in [1.807, 2.05) is 12.1 Å². The molecule has 0 fully saturated rings. The lowest BCUT2D eigenvalue weighted by atomic mass is 10.2. The molecular weight excluding hydrogens is 222 g/mol. The van der Waals surface area contributed by atoms with Gasteiger partial charge in [-0.15, -0.1) is 0 Å². The monoisotopic (exact) mass is 239 g/mol. The molecule has 17 heavy (non-hydrogen) atoms. The summed E-state index contributed by atoms with van der Waals surface area (Å²) < 4.78 is 10.3. The summed E-state index contributed by atoms with van der Waals surface area (Å²) in [5.74, 6) is 0.655. The number of ether oxygens (including phenoxy) is 2. The topological polar surface area (TPSA) is 67.8 Å². The molecule has 0 aromatic heterocycles. The van der Waals surface area contributed by atoms with Gasteiger partial charge in [0, 0.05) is 24.7 Å². The van der Waals surface area contributed by atoms with Gasteiger partial charge in [-0.05, 0) is 6.07 Å². The highest BCUT2D eigenvalue weighted by atomic mass is 16.5. The maximum atomic E-state index is 10.3. The third-order valence-electron chi connectivity index (χ3n) is 2.33. The molecule has 2 N–H and O–H groups in total. The van der Waals surface area contributed by atoms with Crippen LogP contribution in [-0.2, 0) is 11.3 Å². The van der Waals surface area contributed by atoms with E-state index in [0.717, 1.165) is 17.1 Å². The normalized spacial score (nSPS) is 10.0. The second-order valence-electron chi connectivity index (χ2n) is 3.50. The van der Waals surface area contributed by atoms with Crippen LogP contribution < -0.4 is 14.8 Å². The molecule has 5 nitrogen and oxygen atoms in total. The molecule has 0 atom stereocenters. The highest BCUT2D eigenvalue weighted by Crippen LogP contribution is 2.24. The number of rotatable bonds is 7. The van der Waals surface area contributed by atoms with Gasteiger partial charge in [-0.3, -0.25) is 4.79 Å². The fraction of sp³-hybridized carbons (Fsp3) is 0.417. The average Bonchev–Trinajstić information content (AvgIpc) is 2.34. The van der Waals surface area contributed by atoms with Crippen molar-refractivity contribution in [3.63, 3.8) is 0 Å². The highest BCUT2D eigenvalue weighted by molar-refractivity contribution is 5.66.